The number of carbonyl (C=O) groups excluding carboxylic acids is 2. The monoisotopic (exact) mass is 469 g/mol. The fraction of sp³-hybridized carbons (Fsp3) is 0.0435. The van der Waals surface area contributed by atoms with Crippen LogP contribution in [0, 0.1) is 15.9 Å². The van der Waals surface area contributed by atoms with Crippen molar-refractivity contribution in [3.05, 3.63) is 105 Å². The summed E-state index contributed by atoms with van der Waals surface area (Å²) in [7, 11) is 1.41. The number of rotatable bonds is 7. The molecule has 3 rings (SSSR count). The molecule has 0 saturated carbocycles. The zero-order chi connectivity index (χ0) is 24.0. The van der Waals surface area contributed by atoms with E-state index in [4.69, 9.17) is 16.3 Å². The van der Waals surface area contributed by atoms with Gasteiger partial charge in [0.1, 0.15) is 17.3 Å². The number of nitrogens with one attached hydrogen (secondary N) is 2. The summed E-state index contributed by atoms with van der Waals surface area (Å²) < 4.78 is 18.6. The second kappa shape index (κ2) is 10.4. The number of methoxy groups -OCH3 is 1. The van der Waals surface area contributed by atoms with Crippen molar-refractivity contribution in [2.24, 2.45) is 0 Å². The Kier molecular flexibility index (Phi) is 7.37. The van der Waals surface area contributed by atoms with Crippen LogP contribution < -0.4 is 15.4 Å². The van der Waals surface area contributed by atoms with Crippen molar-refractivity contribution in [2.45, 2.75) is 0 Å². The number of para-hydroxylation sites is 1. The van der Waals surface area contributed by atoms with Crippen LogP contribution in [-0.2, 0) is 4.79 Å². The van der Waals surface area contributed by atoms with Crippen molar-refractivity contribution in [1.82, 2.24) is 5.32 Å². The van der Waals surface area contributed by atoms with Crippen LogP contribution in [0.15, 0.2) is 72.4 Å². The van der Waals surface area contributed by atoms with Gasteiger partial charge in [0.05, 0.1) is 22.6 Å². The molecule has 0 saturated heterocycles. The summed E-state index contributed by atoms with van der Waals surface area (Å²) in [6, 6.07) is 15.4. The maximum absolute atomic E-state index is 13.4. The minimum Gasteiger partial charge on any atom is -0.496 e. The van der Waals surface area contributed by atoms with Gasteiger partial charge in [-0.25, -0.2) is 4.39 Å². The van der Waals surface area contributed by atoms with Gasteiger partial charge in [-0.15, -0.1) is 0 Å². The van der Waals surface area contributed by atoms with Crippen LogP contribution in [0.2, 0.25) is 5.02 Å². The number of nitro benzene ring substituents is 1. The molecule has 2 amide bonds. The Labute approximate surface area is 192 Å². The zero-order valence-corrected chi connectivity index (χ0v) is 17.9. The van der Waals surface area contributed by atoms with Gasteiger partial charge in [-0.2, -0.15) is 0 Å². The summed E-state index contributed by atoms with van der Waals surface area (Å²) in [6.45, 7) is 0. The van der Waals surface area contributed by atoms with Crippen LogP contribution in [0.1, 0.15) is 15.9 Å². The van der Waals surface area contributed by atoms with Crippen molar-refractivity contribution in [3.8, 4) is 5.75 Å². The molecule has 0 unspecified atom stereocenters. The molecule has 0 heterocycles. The molecule has 3 aromatic carbocycles. The van der Waals surface area contributed by atoms with E-state index in [1.807, 2.05) is 0 Å². The lowest BCUT2D eigenvalue weighted by molar-refractivity contribution is -0.384. The molecule has 8 nitrogen and oxygen atoms in total. The van der Waals surface area contributed by atoms with Gasteiger partial charge in [0.2, 0.25) is 0 Å². The third-order valence-corrected chi connectivity index (χ3v) is 4.73. The van der Waals surface area contributed by atoms with E-state index in [1.165, 1.54) is 55.7 Å². The molecule has 3 aromatic rings. The Balaban J connectivity index is 1.94. The van der Waals surface area contributed by atoms with Crippen LogP contribution in [-0.4, -0.2) is 23.8 Å². The van der Waals surface area contributed by atoms with Gasteiger partial charge in [-0.1, -0.05) is 23.7 Å². The topological polar surface area (TPSA) is 111 Å². The molecule has 168 valence electrons. The third kappa shape index (κ3) is 5.92. The predicted octanol–water partition coefficient (Wildman–Crippen LogP) is 4.81. The molecular formula is C23H17ClFN3O5. The molecule has 2 N–H and O–H groups in total. The van der Waals surface area contributed by atoms with Crippen molar-refractivity contribution < 1.29 is 23.6 Å². The van der Waals surface area contributed by atoms with Crippen molar-refractivity contribution in [3.63, 3.8) is 0 Å². The van der Waals surface area contributed by atoms with E-state index in [0.29, 0.717) is 11.3 Å². The molecule has 0 bridgehead atoms. The number of carbonyl (C=O) groups is 2. The van der Waals surface area contributed by atoms with Gasteiger partial charge in [0, 0.05) is 17.8 Å². The van der Waals surface area contributed by atoms with E-state index in [-0.39, 0.29) is 27.7 Å². The van der Waals surface area contributed by atoms with Crippen LogP contribution in [0.5, 0.6) is 5.75 Å². The standard InChI is InChI=1S/C23H17ClFN3O5/c1-33-21-5-3-2-4-17(21)22(29)27-20(12-14-6-9-16(10-7-14)28(31)32)23(30)26-15-8-11-19(25)18(24)13-15/h2-13H,1H3,(H,26,30)(H,27,29)/b20-12-. The number of hydrogen-bond donors (Lipinski definition) is 2. The molecule has 0 fully saturated rings. The average molecular weight is 470 g/mol. The van der Waals surface area contributed by atoms with Crippen molar-refractivity contribution >= 4 is 40.9 Å². The van der Waals surface area contributed by atoms with E-state index < -0.39 is 22.6 Å². The maximum Gasteiger partial charge on any atom is 0.272 e. The first-order valence-corrected chi connectivity index (χ1v) is 9.83. The first-order valence-electron chi connectivity index (χ1n) is 9.45. The van der Waals surface area contributed by atoms with Crippen LogP contribution in [0.3, 0.4) is 0 Å². The van der Waals surface area contributed by atoms with Gasteiger partial charge in [-0.3, -0.25) is 19.7 Å². The van der Waals surface area contributed by atoms with E-state index in [1.54, 1.807) is 18.2 Å². The Morgan fingerprint density at radius 1 is 1.09 bits per heavy atom. The number of hydrogen-bond acceptors (Lipinski definition) is 5. The van der Waals surface area contributed by atoms with Crippen LogP contribution >= 0.6 is 11.6 Å². The minimum absolute atomic E-state index is 0.128. The minimum atomic E-state index is -0.723. The summed E-state index contributed by atoms with van der Waals surface area (Å²) >= 11 is 5.77. The lowest BCUT2D eigenvalue weighted by Crippen LogP contribution is -2.31. The smallest absolute Gasteiger partial charge is 0.272 e. The predicted molar refractivity (Wildman–Crippen MR) is 122 cm³/mol. The molecule has 0 atom stereocenters. The van der Waals surface area contributed by atoms with Gasteiger partial charge >= 0.3 is 0 Å². The summed E-state index contributed by atoms with van der Waals surface area (Å²) in [5.41, 5.74) is 0.514. The Morgan fingerprint density at radius 3 is 2.42 bits per heavy atom. The molecule has 0 aromatic heterocycles. The first kappa shape index (κ1) is 23.4. The largest absolute Gasteiger partial charge is 0.496 e. The highest BCUT2D eigenvalue weighted by molar-refractivity contribution is 6.31. The van der Waals surface area contributed by atoms with Crippen LogP contribution in [0.25, 0.3) is 6.08 Å². The van der Waals surface area contributed by atoms with Gasteiger partial charge < -0.3 is 15.4 Å². The van der Waals surface area contributed by atoms with E-state index >= 15 is 0 Å². The van der Waals surface area contributed by atoms with Gasteiger partial charge in [0.15, 0.2) is 0 Å². The van der Waals surface area contributed by atoms with Gasteiger partial charge in [-0.05, 0) is 54.1 Å². The number of benzene rings is 3. The molecule has 33 heavy (non-hydrogen) atoms. The van der Waals surface area contributed by atoms with E-state index in [0.717, 1.165) is 6.07 Å². The second-order valence-electron chi connectivity index (χ2n) is 6.64. The fourth-order valence-corrected chi connectivity index (χ4v) is 2.99. The second-order valence-corrected chi connectivity index (χ2v) is 7.05. The number of non-ortho nitro benzene ring substituents is 1. The van der Waals surface area contributed by atoms with Crippen molar-refractivity contribution in [1.29, 1.82) is 0 Å². The first-order chi connectivity index (χ1) is 15.8. The Morgan fingerprint density at radius 2 is 1.79 bits per heavy atom. The zero-order valence-electron chi connectivity index (χ0n) is 17.2. The Bertz CT molecular complexity index is 1250. The SMILES string of the molecule is COc1ccccc1C(=O)N/C(=C\c1ccc([N+](=O)[O-])cc1)C(=O)Nc1ccc(F)c(Cl)c1. The van der Waals surface area contributed by atoms with Crippen LogP contribution in [0.4, 0.5) is 15.8 Å². The Hall–Kier alpha value is -4.24. The highest BCUT2D eigenvalue weighted by atomic mass is 35.5. The normalized spacial score (nSPS) is 10.9. The molecule has 0 radical (unpaired) electrons. The molecule has 0 aliphatic rings. The number of halogens is 2. The lowest BCUT2D eigenvalue weighted by Gasteiger charge is -2.13. The molecule has 10 heteroatoms. The van der Waals surface area contributed by atoms with E-state index in [9.17, 15) is 24.1 Å². The summed E-state index contributed by atoms with van der Waals surface area (Å²) in [4.78, 5) is 36.1. The number of ether oxygens (including phenoxy) is 1. The highest BCUT2D eigenvalue weighted by Gasteiger charge is 2.18. The molecule has 0 spiro atoms. The number of amides is 2. The quantitative estimate of drug-likeness (QED) is 0.293. The third-order valence-electron chi connectivity index (χ3n) is 4.44. The highest BCUT2D eigenvalue weighted by Crippen LogP contribution is 2.21. The summed E-state index contributed by atoms with van der Waals surface area (Å²) in [6.07, 6.45) is 1.34. The molecule has 0 aliphatic heterocycles. The lowest BCUT2D eigenvalue weighted by atomic mass is 10.1. The van der Waals surface area contributed by atoms with E-state index in [2.05, 4.69) is 10.6 Å². The van der Waals surface area contributed by atoms with Gasteiger partial charge in [0.25, 0.3) is 17.5 Å². The maximum atomic E-state index is 13.4. The number of nitrogens with zero attached hydrogens (tertiary/aromatic N) is 1. The molecule has 0 aliphatic carbocycles. The summed E-state index contributed by atoms with van der Waals surface area (Å²) in [5.74, 6) is -1.69. The number of nitro groups is 1. The summed E-state index contributed by atoms with van der Waals surface area (Å²) in [5, 5.41) is 15.8. The fourth-order valence-electron chi connectivity index (χ4n) is 2.81. The van der Waals surface area contributed by atoms with Crippen molar-refractivity contribution in [2.75, 3.05) is 12.4 Å². The molecular weight excluding hydrogens is 453 g/mol. The number of anilines is 1. The average Bonchev–Trinajstić information content (AvgIpc) is 2.81.